The molecule has 6 aromatic rings. The van der Waals surface area contributed by atoms with Gasteiger partial charge in [0.2, 0.25) is 0 Å². The van der Waals surface area contributed by atoms with Crippen molar-refractivity contribution in [3.05, 3.63) is 164 Å². The lowest BCUT2D eigenvalue weighted by Crippen LogP contribution is -2.37. The Bertz CT molecular complexity index is 2020. The summed E-state index contributed by atoms with van der Waals surface area (Å²) in [6, 6.07) is 48.6. The molecule has 0 aromatic heterocycles. The van der Waals surface area contributed by atoms with E-state index in [0.29, 0.717) is 51.6 Å². The van der Waals surface area contributed by atoms with Crippen LogP contribution < -0.4 is 45.0 Å². The van der Waals surface area contributed by atoms with E-state index in [4.69, 9.17) is 49.5 Å². The van der Waals surface area contributed by atoms with E-state index in [9.17, 15) is 0 Å². The van der Waals surface area contributed by atoms with Crippen LogP contribution in [0.15, 0.2) is 168 Å². The highest BCUT2D eigenvalue weighted by Gasteiger charge is 2.58. The van der Waals surface area contributed by atoms with Gasteiger partial charge >= 0.3 is 24.6 Å². The van der Waals surface area contributed by atoms with Crippen LogP contribution in [0.4, 0.5) is 17.1 Å². The molecule has 2 unspecified atom stereocenters. The first-order valence-electron chi connectivity index (χ1n) is 15.6. The van der Waals surface area contributed by atoms with Gasteiger partial charge in [-0.05, 0) is 109 Å². The molecular formula is C36H33N6O6P3. The normalized spacial score (nSPS) is 17.0. The lowest BCUT2D eigenvalue weighted by atomic mass is 10.3. The van der Waals surface area contributed by atoms with Crippen molar-refractivity contribution < 1.29 is 27.8 Å². The average molecular weight is 739 g/mol. The summed E-state index contributed by atoms with van der Waals surface area (Å²) in [4.78, 5) is 13.4. The van der Waals surface area contributed by atoms with Crippen LogP contribution in [0.5, 0.6) is 34.5 Å². The average Bonchev–Trinajstić information content (AvgIpc) is 3.15. The van der Waals surface area contributed by atoms with E-state index in [2.05, 4.69) is 0 Å². The van der Waals surface area contributed by atoms with Crippen molar-refractivity contribution in [3.8, 4) is 34.5 Å². The number of hydrogen-bond acceptors (Lipinski definition) is 12. The summed E-state index contributed by atoms with van der Waals surface area (Å²) in [6.07, 6.45) is 0. The molecule has 1 aliphatic heterocycles. The van der Waals surface area contributed by atoms with Gasteiger partial charge in [0.05, 0.1) is 0 Å². The standard InChI is InChI=1S/C36H33N6O6P3/c37-28-16-22-32(23-17-28)44-42-50(46-34-14-8-3-9-15-34)41(43-31-10-4-1-5-11-31)49(45-33-12-6-2-7-13-33)40-51(42,47-35-24-18-29(38)19-25-35)48-36-26-20-30(39)21-27-36/h1-27H,37-39H2. The summed E-state index contributed by atoms with van der Waals surface area (Å²) < 4.78 is 35.6. The molecule has 51 heavy (non-hydrogen) atoms. The molecule has 7 rings (SSSR count). The van der Waals surface area contributed by atoms with Crippen molar-refractivity contribution in [2.45, 2.75) is 0 Å². The zero-order chi connectivity index (χ0) is 35.0. The van der Waals surface area contributed by atoms with Gasteiger partial charge in [-0.1, -0.05) is 54.6 Å². The summed E-state index contributed by atoms with van der Waals surface area (Å²) in [6.45, 7) is 0. The van der Waals surface area contributed by atoms with Gasteiger partial charge in [-0.2, -0.15) is 0 Å². The van der Waals surface area contributed by atoms with Crippen molar-refractivity contribution >= 4 is 41.6 Å². The molecule has 0 spiro atoms. The number of anilines is 3. The van der Waals surface area contributed by atoms with Gasteiger partial charge in [-0.3, -0.25) is 0 Å². The Hall–Kier alpha value is -5.47. The summed E-state index contributed by atoms with van der Waals surface area (Å²) in [5.41, 5.74) is 19.8. The van der Waals surface area contributed by atoms with E-state index < -0.39 is 24.6 Å². The third kappa shape index (κ3) is 8.47. The fraction of sp³-hybridized carbons (Fsp3) is 0. The summed E-state index contributed by atoms with van der Waals surface area (Å²) in [5.74, 6) is 2.79. The van der Waals surface area contributed by atoms with Crippen LogP contribution in [-0.2, 0) is 0 Å². The van der Waals surface area contributed by atoms with Crippen LogP contribution in [-0.4, -0.2) is 9.21 Å². The second-order valence-electron chi connectivity index (χ2n) is 10.8. The molecule has 258 valence electrons. The van der Waals surface area contributed by atoms with Gasteiger partial charge in [0.1, 0.15) is 34.5 Å². The zero-order valence-corrected chi connectivity index (χ0v) is 29.6. The molecule has 1 aliphatic rings. The molecule has 0 bridgehead atoms. The predicted molar refractivity (Wildman–Crippen MR) is 203 cm³/mol. The first-order valence-corrected chi connectivity index (χ1v) is 19.4. The highest BCUT2D eigenvalue weighted by atomic mass is 31.3. The fourth-order valence-corrected chi connectivity index (χ4v) is 12.0. The van der Waals surface area contributed by atoms with Crippen LogP contribution in [0, 0.1) is 0 Å². The van der Waals surface area contributed by atoms with E-state index in [1.165, 1.54) is 4.60 Å². The Morgan fingerprint density at radius 2 is 0.824 bits per heavy atom. The van der Waals surface area contributed by atoms with Gasteiger partial charge in [0.15, 0.2) is 0 Å². The Kier molecular flexibility index (Phi) is 10.4. The lowest BCUT2D eigenvalue weighted by molar-refractivity contribution is 0.0546. The highest BCUT2D eigenvalue weighted by molar-refractivity contribution is 7.78. The predicted octanol–water partition coefficient (Wildman–Crippen LogP) is 10.1. The van der Waals surface area contributed by atoms with E-state index in [-0.39, 0.29) is 0 Å². The van der Waals surface area contributed by atoms with E-state index >= 15 is 0 Å². The second kappa shape index (κ2) is 15.6. The number of para-hydroxylation sites is 3. The summed E-state index contributed by atoms with van der Waals surface area (Å²) in [7, 11) is -8.20. The maximum atomic E-state index is 6.88. The number of hydrogen-bond donors (Lipinski definition) is 3. The Balaban J connectivity index is 1.47. The van der Waals surface area contributed by atoms with Gasteiger partial charge in [0.25, 0.3) is 0 Å². The molecule has 12 nitrogen and oxygen atoms in total. The summed E-state index contributed by atoms with van der Waals surface area (Å²) in [5, 5.41) is 0. The molecular weight excluding hydrogens is 705 g/mol. The molecule has 0 amide bonds. The molecule has 2 atom stereocenters. The van der Waals surface area contributed by atoms with E-state index in [1.54, 1.807) is 77.4 Å². The monoisotopic (exact) mass is 738 g/mol. The van der Waals surface area contributed by atoms with Crippen LogP contribution in [0.25, 0.3) is 0 Å². The van der Waals surface area contributed by atoms with E-state index in [1.807, 2.05) is 91.0 Å². The van der Waals surface area contributed by atoms with Gasteiger partial charge in [0, 0.05) is 26.3 Å². The Labute approximate surface area is 297 Å². The second-order valence-corrected chi connectivity index (χ2v) is 16.3. The third-order valence-electron chi connectivity index (χ3n) is 6.91. The largest absolute Gasteiger partial charge is 0.447 e. The van der Waals surface area contributed by atoms with Crippen LogP contribution in [0.3, 0.4) is 0 Å². The number of nitrogen functional groups attached to an aromatic ring is 3. The first-order chi connectivity index (χ1) is 24.9. The van der Waals surface area contributed by atoms with Gasteiger partial charge in [-0.15, -0.1) is 4.52 Å². The first kappa shape index (κ1) is 34.0. The topological polar surface area (TPSA) is 152 Å². The van der Waals surface area contributed by atoms with Crippen LogP contribution in [0.2, 0.25) is 0 Å². The molecule has 0 aliphatic carbocycles. The Morgan fingerprint density at radius 3 is 1.29 bits per heavy atom. The minimum absolute atomic E-state index is 0.407. The van der Waals surface area contributed by atoms with Gasteiger partial charge < -0.3 is 45.0 Å². The smallest absolute Gasteiger partial charge is 0.440 e. The number of benzene rings is 6. The number of nitrogens with two attached hydrogens (primary N) is 3. The van der Waals surface area contributed by atoms with Crippen molar-refractivity contribution in [2.75, 3.05) is 17.2 Å². The Morgan fingerprint density at radius 1 is 0.431 bits per heavy atom. The summed E-state index contributed by atoms with van der Waals surface area (Å²) >= 11 is 0. The van der Waals surface area contributed by atoms with Crippen molar-refractivity contribution in [2.24, 2.45) is 4.52 Å². The molecule has 15 heteroatoms. The maximum Gasteiger partial charge on any atom is 0.447 e. The molecule has 1 heterocycles. The highest BCUT2D eigenvalue weighted by Crippen LogP contribution is 2.77. The minimum Gasteiger partial charge on any atom is -0.440 e. The van der Waals surface area contributed by atoms with E-state index in [0.717, 1.165) is 0 Å². The number of rotatable bonds is 12. The fourth-order valence-electron chi connectivity index (χ4n) is 4.48. The molecule has 6 N–H and O–H groups in total. The SMILES string of the molecule is Nc1ccc(ON2P(Oc3ccccc3)N(Oc3ccccc3)P(Oc3ccccc3)N=P2(Oc2ccc(N)cc2)Oc2ccc(N)cc2)cc1. The zero-order valence-electron chi connectivity index (χ0n) is 27.0. The van der Waals surface area contributed by atoms with Crippen molar-refractivity contribution in [1.29, 1.82) is 0 Å². The molecule has 0 saturated carbocycles. The molecule has 0 radical (unpaired) electrons. The maximum absolute atomic E-state index is 6.88. The van der Waals surface area contributed by atoms with Gasteiger partial charge in [-0.25, -0.2) is 0 Å². The van der Waals surface area contributed by atoms with Crippen LogP contribution in [0.1, 0.15) is 0 Å². The minimum atomic E-state index is -3.87. The number of nitrogens with zero attached hydrogens (tertiary/aromatic N) is 3. The lowest BCUT2D eigenvalue weighted by Gasteiger charge is -2.43. The molecule has 0 fully saturated rings. The van der Waals surface area contributed by atoms with Crippen molar-refractivity contribution in [3.63, 3.8) is 0 Å². The molecule has 6 aromatic carbocycles. The molecule has 0 saturated heterocycles. The quantitative estimate of drug-likeness (QED) is 0.0812. The van der Waals surface area contributed by atoms with Crippen LogP contribution >= 0.6 is 24.6 Å². The van der Waals surface area contributed by atoms with Crippen molar-refractivity contribution in [1.82, 2.24) is 9.21 Å². The third-order valence-corrected chi connectivity index (χ3v) is 13.8.